The highest BCUT2D eigenvalue weighted by Gasteiger charge is 2.76. The number of aliphatic hydroxyl groups excluding tert-OH is 1. The molecule has 39 heavy (non-hydrogen) atoms. The van der Waals surface area contributed by atoms with E-state index in [4.69, 9.17) is 11.6 Å². The van der Waals surface area contributed by atoms with Crippen LogP contribution < -0.4 is 4.90 Å². The van der Waals surface area contributed by atoms with Crippen LogP contribution in [0.5, 0.6) is 0 Å². The molecule has 0 aromatic heterocycles. The van der Waals surface area contributed by atoms with E-state index in [1.807, 2.05) is 43.3 Å². The molecule has 3 unspecified atom stereocenters. The van der Waals surface area contributed by atoms with Crippen LogP contribution >= 0.6 is 39.3 Å². The second-order valence-corrected chi connectivity index (χ2v) is 13.5. The fourth-order valence-electron chi connectivity index (χ4n) is 6.69. The molecule has 2 aromatic rings. The lowest BCUT2D eigenvalue weighted by Crippen LogP contribution is -2.58. The third kappa shape index (κ3) is 4.51. The quantitative estimate of drug-likeness (QED) is 0.316. The summed E-state index contributed by atoms with van der Waals surface area (Å²) in [6.07, 6.45) is 2.39. The molecule has 3 fully saturated rings. The number of carboxylic acids is 1. The van der Waals surface area contributed by atoms with Crippen LogP contribution in [0.2, 0.25) is 5.02 Å². The molecule has 2 aromatic carbocycles. The maximum absolute atomic E-state index is 14.7. The molecule has 3 heterocycles. The van der Waals surface area contributed by atoms with Gasteiger partial charge in [0.25, 0.3) is 5.91 Å². The maximum atomic E-state index is 14.7. The summed E-state index contributed by atoms with van der Waals surface area (Å²) >= 11 is 11.7. The Kier molecular flexibility index (Phi) is 7.90. The smallest absolute Gasteiger partial charge is 0.308 e. The number of alkyl halides is 1. The van der Waals surface area contributed by atoms with E-state index in [0.717, 1.165) is 11.1 Å². The molecule has 2 bridgehead atoms. The number of carbonyl (C=O) groups is 3. The average Bonchev–Trinajstić information content (AvgIpc) is 3.50. The lowest BCUT2D eigenvalue weighted by Gasteiger charge is -2.40. The zero-order valence-corrected chi connectivity index (χ0v) is 24.5. The van der Waals surface area contributed by atoms with Gasteiger partial charge < -0.3 is 20.0 Å². The number of hydrogen-bond donors (Lipinski definition) is 2. The van der Waals surface area contributed by atoms with Crippen molar-refractivity contribution in [2.75, 3.05) is 18.1 Å². The summed E-state index contributed by atoms with van der Waals surface area (Å²) in [7, 11) is 0. The third-order valence-electron chi connectivity index (χ3n) is 8.20. The van der Waals surface area contributed by atoms with E-state index >= 15 is 0 Å². The SMILES string of the molecule is C=CCN(C(=O)C1N([C@@H](CO)Cc2ccccc2)C(=O)[C@@H]2[C@@H](C(=O)O)[C@@H]3SC12CC3Br)c1c(C)cccc1Cl. The van der Waals surface area contributed by atoms with E-state index in [0.29, 0.717) is 23.6 Å². The van der Waals surface area contributed by atoms with E-state index in [1.165, 1.54) is 16.7 Å². The zero-order chi connectivity index (χ0) is 28.1. The number of para-hydroxylation sites is 1. The Morgan fingerprint density at radius 1 is 1.28 bits per heavy atom. The number of likely N-dealkylation sites (tertiary alicyclic amines) is 1. The van der Waals surface area contributed by atoms with Gasteiger partial charge in [-0.15, -0.1) is 18.3 Å². The van der Waals surface area contributed by atoms with Crippen molar-refractivity contribution in [3.63, 3.8) is 0 Å². The van der Waals surface area contributed by atoms with E-state index in [-0.39, 0.29) is 35.0 Å². The number of benzene rings is 2. The highest BCUT2D eigenvalue weighted by molar-refractivity contribution is 9.09. The van der Waals surface area contributed by atoms with Gasteiger partial charge in [-0.05, 0) is 37.0 Å². The monoisotopic (exact) mass is 632 g/mol. The largest absolute Gasteiger partial charge is 0.481 e. The second-order valence-electron chi connectivity index (χ2n) is 10.4. The molecule has 0 saturated carbocycles. The first-order valence-corrected chi connectivity index (χ1v) is 15.0. The number of rotatable bonds is 9. The molecule has 10 heteroatoms. The number of carboxylic acid groups (broad SMARTS) is 1. The van der Waals surface area contributed by atoms with E-state index in [2.05, 4.69) is 22.5 Å². The highest BCUT2D eigenvalue weighted by Crippen LogP contribution is 2.68. The van der Waals surface area contributed by atoms with Gasteiger partial charge in [-0.25, -0.2) is 0 Å². The molecule has 206 valence electrons. The first kappa shape index (κ1) is 28.2. The highest BCUT2D eigenvalue weighted by atomic mass is 79.9. The number of nitrogens with zero attached hydrogens (tertiary/aromatic N) is 2. The minimum Gasteiger partial charge on any atom is -0.481 e. The lowest BCUT2D eigenvalue weighted by molar-refractivity contribution is -0.149. The molecule has 0 radical (unpaired) electrons. The van der Waals surface area contributed by atoms with Crippen molar-refractivity contribution >= 4 is 62.8 Å². The number of thioether (sulfide) groups is 1. The minimum atomic E-state index is -1.04. The number of anilines is 1. The summed E-state index contributed by atoms with van der Waals surface area (Å²) in [6.45, 7) is 5.49. The van der Waals surface area contributed by atoms with E-state index in [1.54, 1.807) is 23.1 Å². The summed E-state index contributed by atoms with van der Waals surface area (Å²) < 4.78 is -0.964. The van der Waals surface area contributed by atoms with Crippen LogP contribution in [0.25, 0.3) is 0 Å². The Labute approximate surface area is 245 Å². The second kappa shape index (κ2) is 10.9. The Morgan fingerprint density at radius 3 is 2.62 bits per heavy atom. The Balaban J connectivity index is 1.66. The minimum absolute atomic E-state index is 0.152. The lowest BCUT2D eigenvalue weighted by atomic mass is 9.71. The van der Waals surface area contributed by atoms with Crippen LogP contribution in [-0.2, 0) is 20.8 Å². The van der Waals surface area contributed by atoms with Gasteiger partial charge in [0.1, 0.15) is 6.04 Å². The van der Waals surface area contributed by atoms with Crippen LogP contribution in [0, 0.1) is 18.8 Å². The molecular weight excluding hydrogens is 604 g/mol. The molecule has 3 saturated heterocycles. The van der Waals surface area contributed by atoms with Gasteiger partial charge in [0.2, 0.25) is 5.91 Å². The first-order chi connectivity index (χ1) is 18.7. The van der Waals surface area contributed by atoms with E-state index in [9.17, 15) is 24.6 Å². The first-order valence-electron chi connectivity index (χ1n) is 12.8. The normalized spacial score (nSPS) is 29.8. The number of amides is 2. The Bertz CT molecular complexity index is 1290. The van der Waals surface area contributed by atoms with Crippen LogP contribution in [0.3, 0.4) is 0 Å². The van der Waals surface area contributed by atoms with Crippen molar-refractivity contribution in [1.29, 1.82) is 0 Å². The number of aryl methyl sites for hydroxylation is 1. The summed E-state index contributed by atoms with van der Waals surface area (Å²) in [5.74, 6) is -3.60. The topological polar surface area (TPSA) is 98.2 Å². The Morgan fingerprint density at radius 2 is 2.00 bits per heavy atom. The van der Waals surface area contributed by atoms with Gasteiger partial charge in [-0.2, -0.15) is 0 Å². The zero-order valence-electron chi connectivity index (χ0n) is 21.4. The molecule has 2 N–H and O–H groups in total. The predicted octanol–water partition coefficient (Wildman–Crippen LogP) is 4.32. The fourth-order valence-corrected chi connectivity index (χ4v) is 10.6. The maximum Gasteiger partial charge on any atom is 0.308 e. The van der Waals surface area contributed by atoms with Crippen LogP contribution in [0.4, 0.5) is 5.69 Å². The number of halogens is 2. The van der Waals surface area contributed by atoms with Gasteiger partial charge in [0.05, 0.1) is 39.9 Å². The summed E-state index contributed by atoms with van der Waals surface area (Å²) in [5.41, 5.74) is 2.22. The molecule has 0 aliphatic carbocycles. The predicted molar refractivity (Wildman–Crippen MR) is 156 cm³/mol. The molecule has 1 spiro atoms. The van der Waals surface area contributed by atoms with Crippen molar-refractivity contribution < 1.29 is 24.6 Å². The van der Waals surface area contributed by atoms with Crippen molar-refractivity contribution in [2.45, 2.75) is 46.7 Å². The molecule has 7 atom stereocenters. The van der Waals surface area contributed by atoms with Gasteiger partial charge >= 0.3 is 5.97 Å². The molecule has 3 aliphatic rings. The Hall–Kier alpha value is -2.33. The average molecular weight is 634 g/mol. The van der Waals surface area contributed by atoms with Crippen molar-refractivity contribution in [1.82, 2.24) is 4.90 Å². The molecule has 2 amide bonds. The summed E-state index contributed by atoms with van der Waals surface area (Å²) in [4.78, 5) is 44.4. The number of aliphatic hydroxyl groups is 1. The van der Waals surface area contributed by atoms with Gasteiger partial charge in [-0.1, -0.05) is 76.1 Å². The standard InChI is InChI=1S/C29H30BrClN2O5S/c1-3-12-32(23-16(2)8-7-11-20(23)31)27(36)25-29-14-19(30)24(39-29)21(28(37)38)22(29)26(35)33(25)18(15-34)13-17-9-5-4-6-10-17/h3-11,18-19,21-22,24-25,34H,1,12-15H2,2H3,(H,37,38)/t18-,19?,21-,22+,24-,25?,29?/m1/s1. The van der Waals surface area contributed by atoms with Crippen molar-refractivity contribution in [3.05, 3.63) is 77.3 Å². The number of hydrogen-bond acceptors (Lipinski definition) is 5. The number of fused-ring (bicyclic) bond motifs is 1. The van der Waals surface area contributed by atoms with Crippen LogP contribution in [-0.4, -0.2) is 73.0 Å². The molecule has 3 aliphatic heterocycles. The van der Waals surface area contributed by atoms with Crippen LogP contribution in [0.15, 0.2) is 61.2 Å². The van der Waals surface area contributed by atoms with Gasteiger partial charge in [-0.3, -0.25) is 14.4 Å². The van der Waals surface area contributed by atoms with E-state index < -0.39 is 34.6 Å². The molecule has 7 nitrogen and oxygen atoms in total. The van der Waals surface area contributed by atoms with Gasteiger partial charge in [0.15, 0.2) is 0 Å². The van der Waals surface area contributed by atoms with Crippen molar-refractivity contribution in [2.24, 2.45) is 11.8 Å². The van der Waals surface area contributed by atoms with Crippen molar-refractivity contribution in [3.8, 4) is 0 Å². The van der Waals surface area contributed by atoms with Crippen LogP contribution in [0.1, 0.15) is 17.5 Å². The summed E-state index contributed by atoms with van der Waals surface area (Å²) in [5, 5.41) is 20.9. The third-order valence-corrected chi connectivity index (χ3v) is 11.7. The van der Waals surface area contributed by atoms with Gasteiger partial charge in [0, 0.05) is 16.6 Å². The summed E-state index contributed by atoms with van der Waals surface area (Å²) in [6, 6.07) is 13.1. The number of carbonyl (C=O) groups excluding carboxylic acids is 2. The fraction of sp³-hybridized carbons (Fsp3) is 0.414. The number of aliphatic carboxylic acids is 1. The molecule has 5 rings (SSSR count). The molecular formula is C29H30BrClN2O5S.